The first-order valence-electron chi connectivity index (χ1n) is 10.2. The molecule has 0 radical (unpaired) electrons. The smallest absolute Gasteiger partial charge is 0.234 e. The van der Waals surface area contributed by atoms with Crippen molar-refractivity contribution in [1.29, 1.82) is 0 Å². The van der Waals surface area contributed by atoms with Gasteiger partial charge in [0.1, 0.15) is 11.6 Å². The Bertz CT molecular complexity index is 992. The first-order chi connectivity index (χ1) is 15.2. The number of hydrogen-bond acceptors (Lipinski definition) is 6. The third-order valence-corrected chi connectivity index (χ3v) is 5.01. The number of hydrogen-bond donors (Lipinski definition) is 1. The van der Waals surface area contributed by atoms with E-state index >= 15 is 0 Å². The Morgan fingerprint density at radius 3 is 2.48 bits per heavy atom. The number of rotatable bonds is 7. The molecule has 0 atom stereocenters. The van der Waals surface area contributed by atoms with Crippen molar-refractivity contribution in [2.24, 2.45) is 0 Å². The molecule has 0 unspecified atom stereocenters. The zero-order chi connectivity index (χ0) is 21.5. The predicted octanol–water partition coefficient (Wildman–Crippen LogP) is 2.85. The molecule has 0 bridgehead atoms. The molecule has 1 fully saturated rings. The number of aromatic nitrogens is 2. The summed E-state index contributed by atoms with van der Waals surface area (Å²) >= 11 is 0. The minimum atomic E-state index is -0.317. The van der Waals surface area contributed by atoms with E-state index in [9.17, 15) is 9.18 Å². The number of ether oxygens (including phenoxy) is 1. The van der Waals surface area contributed by atoms with Crippen LogP contribution in [0.3, 0.4) is 0 Å². The van der Waals surface area contributed by atoms with E-state index in [0.29, 0.717) is 43.8 Å². The van der Waals surface area contributed by atoms with Crippen LogP contribution < -0.4 is 15.0 Å². The highest BCUT2D eigenvalue weighted by Gasteiger charge is 2.21. The minimum absolute atomic E-state index is 0.0169. The van der Waals surface area contributed by atoms with Gasteiger partial charge in [-0.15, -0.1) is 0 Å². The number of carbonyl (C=O) groups excluding carboxylic acids is 1. The van der Waals surface area contributed by atoms with E-state index in [-0.39, 0.29) is 11.7 Å². The van der Waals surface area contributed by atoms with E-state index < -0.39 is 0 Å². The topological polar surface area (TPSA) is 70.6 Å². The maximum absolute atomic E-state index is 13.0. The number of nitrogens with zero attached hydrogens (tertiary/aromatic N) is 4. The number of benzene rings is 2. The fourth-order valence-corrected chi connectivity index (χ4v) is 3.33. The molecule has 1 aliphatic rings. The summed E-state index contributed by atoms with van der Waals surface area (Å²) in [4.78, 5) is 25.2. The lowest BCUT2D eigenvalue weighted by Crippen LogP contribution is -2.49. The summed E-state index contributed by atoms with van der Waals surface area (Å²) in [6.07, 6.45) is 1.64. The molecular weight excluding hydrogens is 397 g/mol. The van der Waals surface area contributed by atoms with Crippen molar-refractivity contribution in [3.63, 3.8) is 0 Å². The van der Waals surface area contributed by atoms with Crippen LogP contribution in [0.25, 0.3) is 0 Å². The number of carbonyl (C=O) groups is 1. The minimum Gasteiger partial charge on any atom is -0.439 e. The molecule has 2 heterocycles. The summed E-state index contributed by atoms with van der Waals surface area (Å²) in [5, 5.41) is 2.96. The maximum atomic E-state index is 13.0. The highest BCUT2D eigenvalue weighted by molar-refractivity contribution is 5.78. The number of amides is 1. The lowest BCUT2D eigenvalue weighted by Gasteiger charge is -2.34. The van der Waals surface area contributed by atoms with Crippen molar-refractivity contribution in [3.8, 4) is 11.6 Å². The molecule has 2 aromatic carbocycles. The Kier molecular flexibility index (Phi) is 6.68. The Labute approximate surface area is 180 Å². The van der Waals surface area contributed by atoms with E-state index in [0.717, 1.165) is 18.7 Å². The van der Waals surface area contributed by atoms with Gasteiger partial charge in [-0.1, -0.05) is 30.3 Å². The fraction of sp³-hybridized carbons (Fsp3) is 0.261. The normalized spacial score (nSPS) is 14.3. The van der Waals surface area contributed by atoms with Crippen LogP contribution in [0.15, 0.2) is 66.9 Å². The van der Waals surface area contributed by atoms with Gasteiger partial charge in [0.25, 0.3) is 0 Å². The van der Waals surface area contributed by atoms with Gasteiger partial charge in [-0.3, -0.25) is 9.69 Å². The van der Waals surface area contributed by atoms with Gasteiger partial charge >= 0.3 is 0 Å². The van der Waals surface area contributed by atoms with Crippen molar-refractivity contribution in [2.45, 2.75) is 6.54 Å². The molecular formula is C23H24FN5O2. The lowest BCUT2D eigenvalue weighted by molar-refractivity contribution is -0.122. The fourth-order valence-electron chi connectivity index (χ4n) is 3.33. The van der Waals surface area contributed by atoms with Crippen LogP contribution in [0.5, 0.6) is 11.6 Å². The third kappa shape index (κ3) is 5.99. The summed E-state index contributed by atoms with van der Waals surface area (Å²) in [5.74, 6) is 1.19. The molecule has 1 saturated heterocycles. The van der Waals surface area contributed by atoms with Gasteiger partial charge in [0.05, 0.1) is 6.54 Å². The number of piperazine rings is 1. The monoisotopic (exact) mass is 421 g/mol. The molecule has 1 N–H and O–H groups in total. The molecule has 1 aromatic heterocycles. The van der Waals surface area contributed by atoms with Crippen LogP contribution >= 0.6 is 0 Å². The second-order valence-corrected chi connectivity index (χ2v) is 7.28. The van der Waals surface area contributed by atoms with Crippen molar-refractivity contribution in [3.05, 3.63) is 78.2 Å². The highest BCUT2D eigenvalue weighted by Crippen LogP contribution is 2.21. The molecule has 31 heavy (non-hydrogen) atoms. The highest BCUT2D eigenvalue weighted by atomic mass is 19.1. The first-order valence-corrected chi connectivity index (χ1v) is 10.2. The van der Waals surface area contributed by atoms with Crippen LogP contribution in [0, 0.1) is 5.82 Å². The average molecular weight is 421 g/mol. The van der Waals surface area contributed by atoms with Crippen molar-refractivity contribution in [2.75, 3.05) is 37.6 Å². The van der Waals surface area contributed by atoms with Gasteiger partial charge in [-0.05, 0) is 29.8 Å². The molecule has 160 valence electrons. The SMILES string of the molecule is O=C(CN1CCN(c2nccc(Oc3ccc(F)cc3)n2)CC1)NCc1ccccc1. The second kappa shape index (κ2) is 9.99. The van der Waals surface area contributed by atoms with E-state index in [1.165, 1.54) is 12.1 Å². The molecule has 3 aromatic rings. The molecule has 1 aliphatic heterocycles. The molecule has 1 amide bonds. The molecule has 4 rings (SSSR count). The van der Waals surface area contributed by atoms with Crippen LogP contribution in [0.4, 0.5) is 10.3 Å². The summed E-state index contributed by atoms with van der Waals surface area (Å²) in [6, 6.07) is 17.3. The van der Waals surface area contributed by atoms with E-state index in [2.05, 4.69) is 25.1 Å². The Balaban J connectivity index is 1.25. The van der Waals surface area contributed by atoms with Crippen LogP contribution in [-0.2, 0) is 11.3 Å². The standard InChI is InChI=1S/C23H24FN5O2/c24-19-6-8-20(9-7-19)31-22-10-11-25-23(27-22)29-14-12-28(13-15-29)17-21(30)26-16-18-4-2-1-3-5-18/h1-11H,12-17H2,(H,26,30). The summed E-state index contributed by atoms with van der Waals surface area (Å²) in [5.41, 5.74) is 1.08. The van der Waals surface area contributed by atoms with Crippen molar-refractivity contribution >= 4 is 11.9 Å². The second-order valence-electron chi connectivity index (χ2n) is 7.28. The largest absolute Gasteiger partial charge is 0.439 e. The van der Waals surface area contributed by atoms with E-state index in [1.807, 2.05) is 30.3 Å². The van der Waals surface area contributed by atoms with Gasteiger partial charge in [0.15, 0.2) is 0 Å². The van der Waals surface area contributed by atoms with Gasteiger partial charge in [-0.2, -0.15) is 4.98 Å². The maximum Gasteiger partial charge on any atom is 0.234 e. The van der Waals surface area contributed by atoms with Crippen LogP contribution in [0.1, 0.15) is 5.56 Å². The van der Waals surface area contributed by atoms with Crippen LogP contribution in [0.2, 0.25) is 0 Å². The average Bonchev–Trinajstić information content (AvgIpc) is 2.81. The van der Waals surface area contributed by atoms with Crippen molar-refractivity contribution < 1.29 is 13.9 Å². The third-order valence-electron chi connectivity index (χ3n) is 5.01. The lowest BCUT2D eigenvalue weighted by atomic mass is 10.2. The van der Waals surface area contributed by atoms with Crippen molar-refractivity contribution in [1.82, 2.24) is 20.2 Å². The Hall–Kier alpha value is -3.52. The molecule has 0 spiro atoms. The van der Waals surface area contributed by atoms with E-state index in [1.54, 1.807) is 24.4 Å². The zero-order valence-electron chi connectivity index (χ0n) is 17.1. The summed E-state index contributed by atoms with van der Waals surface area (Å²) < 4.78 is 18.7. The molecule has 8 heteroatoms. The number of anilines is 1. The van der Waals surface area contributed by atoms with E-state index in [4.69, 9.17) is 4.74 Å². The van der Waals surface area contributed by atoms with Gasteiger partial charge in [-0.25, -0.2) is 9.37 Å². The molecule has 7 nitrogen and oxygen atoms in total. The summed E-state index contributed by atoms with van der Waals surface area (Å²) in [7, 11) is 0. The first kappa shape index (κ1) is 20.7. The quantitative estimate of drug-likeness (QED) is 0.633. The number of nitrogens with one attached hydrogen (secondary N) is 1. The van der Waals surface area contributed by atoms with Gasteiger partial charge in [0, 0.05) is 45.0 Å². The predicted molar refractivity (Wildman–Crippen MR) is 115 cm³/mol. The van der Waals surface area contributed by atoms with Gasteiger partial charge < -0.3 is 15.0 Å². The summed E-state index contributed by atoms with van der Waals surface area (Å²) in [6.45, 7) is 3.82. The Morgan fingerprint density at radius 1 is 1.00 bits per heavy atom. The van der Waals surface area contributed by atoms with Crippen LogP contribution in [-0.4, -0.2) is 53.5 Å². The molecule has 0 aliphatic carbocycles. The zero-order valence-corrected chi connectivity index (χ0v) is 17.1. The Morgan fingerprint density at radius 2 is 1.74 bits per heavy atom. The van der Waals surface area contributed by atoms with Gasteiger partial charge in [0.2, 0.25) is 17.7 Å². The molecule has 0 saturated carbocycles. The number of halogens is 1.